The Morgan fingerprint density at radius 3 is 2.17 bits per heavy atom. The van der Waals surface area contributed by atoms with Crippen molar-refractivity contribution < 1.29 is 76.7 Å². The van der Waals surface area contributed by atoms with Crippen molar-refractivity contribution >= 4 is 65.1 Å². The Bertz CT molecular complexity index is 2720. The van der Waals surface area contributed by atoms with Crippen LogP contribution in [0.2, 0.25) is 0 Å². The molecule has 6 rings (SSSR count). The molecule has 10 N–H and O–H groups in total. The first-order valence-electron chi connectivity index (χ1n) is 30.8. The van der Waals surface area contributed by atoms with Crippen LogP contribution in [0.1, 0.15) is 144 Å². The predicted octanol–water partition coefficient (Wildman–Crippen LogP) is 4.21. The summed E-state index contributed by atoms with van der Waals surface area (Å²) in [5, 5.41) is 31.1. The van der Waals surface area contributed by atoms with Gasteiger partial charge in [0.2, 0.25) is 29.5 Å². The van der Waals surface area contributed by atoms with Crippen molar-refractivity contribution in [3.63, 3.8) is 0 Å². The first-order chi connectivity index (χ1) is 41.9. The fourth-order valence-corrected chi connectivity index (χ4v) is 11.2. The summed E-state index contributed by atoms with van der Waals surface area (Å²) in [5.41, 5.74) is 6.44. The van der Waals surface area contributed by atoms with Crippen molar-refractivity contribution in [2.75, 3.05) is 25.0 Å². The molecule has 5 aliphatic rings. The van der Waals surface area contributed by atoms with Gasteiger partial charge in [0, 0.05) is 68.9 Å². The number of allylic oxidation sites excluding steroid dienone is 2. The van der Waals surface area contributed by atoms with E-state index in [-0.39, 0.29) is 117 Å². The third-order valence-corrected chi connectivity index (χ3v) is 16.4. The zero-order valence-electron chi connectivity index (χ0n) is 51.7. The SMILES string of the molecule is CC(=O)O[C@@H](C)C=CC(=O)N[C@@H]1C[C@H](C)[C@H](CC=C(C)C=C[C@H]2O[C@H](CC(=O)NC3CCC(NC(=O)OCc4ccc(NC(=O)[C@H](CCCNC(N)=O)NC(=O)[C@@H](NC(=O)CCCCCN5C(=O)C=CC5=O)C(C)C)cc4)CC3)C[C@@]3(CO3)[C@@H]2O)O[C@@H]1C. The number of urea groups is 1. The largest absolute Gasteiger partial charge is 0.459 e. The molecule has 0 aromatic heterocycles. The van der Waals surface area contributed by atoms with Crippen molar-refractivity contribution in [3.8, 4) is 0 Å². The van der Waals surface area contributed by atoms with Gasteiger partial charge in [0.15, 0.2) is 0 Å². The first-order valence-corrected chi connectivity index (χ1v) is 30.8. The second-order valence-electron chi connectivity index (χ2n) is 24.1. The number of carbonyl (C=O) groups is 10. The third kappa shape index (κ3) is 22.6. The van der Waals surface area contributed by atoms with Gasteiger partial charge in [-0.1, -0.05) is 63.1 Å². The highest BCUT2D eigenvalue weighted by atomic mass is 16.6. The quantitative estimate of drug-likeness (QED) is 0.0130. The molecule has 4 fully saturated rings. The van der Waals surface area contributed by atoms with Crippen molar-refractivity contribution in [1.29, 1.82) is 0 Å². The number of nitrogens with two attached hydrogens (primary N) is 1. The van der Waals surface area contributed by atoms with Gasteiger partial charge in [0.1, 0.15) is 42.6 Å². The maximum atomic E-state index is 13.7. The molecule has 3 saturated heterocycles. The number of epoxide rings is 1. The maximum Gasteiger partial charge on any atom is 0.407 e. The fraction of sp³-hybridized carbons (Fsp3) is 0.619. The molecule has 25 heteroatoms. The van der Waals surface area contributed by atoms with Crippen LogP contribution in [-0.4, -0.2) is 162 Å². The Hall–Kier alpha value is -7.48. The van der Waals surface area contributed by atoms with Gasteiger partial charge >= 0.3 is 18.1 Å². The van der Waals surface area contributed by atoms with Gasteiger partial charge in [-0.15, -0.1) is 0 Å². The van der Waals surface area contributed by atoms with Crippen LogP contribution in [-0.2, 0) is 68.6 Å². The summed E-state index contributed by atoms with van der Waals surface area (Å²) in [6.07, 6.45) is 14.1. The molecule has 1 aliphatic carbocycles. The van der Waals surface area contributed by atoms with E-state index in [1.807, 2.05) is 26.0 Å². The minimum atomic E-state index is -1.06. The maximum absolute atomic E-state index is 13.7. The minimum Gasteiger partial charge on any atom is -0.459 e. The lowest BCUT2D eigenvalue weighted by Crippen LogP contribution is -2.54. The Morgan fingerprint density at radius 2 is 1.52 bits per heavy atom. The highest BCUT2D eigenvalue weighted by Crippen LogP contribution is 2.43. The van der Waals surface area contributed by atoms with Crippen LogP contribution in [0.25, 0.3) is 0 Å². The Kier molecular flexibility index (Phi) is 26.7. The summed E-state index contributed by atoms with van der Waals surface area (Å²) in [5.74, 6) is -3.28. The number of hydrogen-bond acceptors (Lipinski definition) is 16. The molecule has 4 heterocycles. The predicted molar refractivity (Wildman–Crippen MR) is 323 cm³/mol. The number of esters is 1. The summed E-state index contributed by atoms with van der Waals surface area (Å²) >= 11 is 0. The number of rotatable bonds is 30. The van der Waals surface area contributed by atoms with E-state index in [9.17, 15) is 53.1 Å². The molecular weight excluding hydrogens is 1140 g/mol. The van der Waals surface area contributed by atoms with E-state index in [2.05, 4.69) is 50.2 Å². The van der Waals surface area contributed by atoms with Gasteiger partial charge < -0.3 is 71.7 Å². The molecule has 88 heavy (non-hydrogen) atoms. The van der Waals surface area contributed by atoms with Crippen LogP contribution >= 0.6 is 0 Å². The van der Waals surface area contributed by atoms with Crippen molar-refractivity contribution in [2.24, 2.45) is 17.6 Å². The van der Waals surface area contributed by atoms with Gasteiger partial charge in [-0.25, -0.2) is 9.59 Å². The molecule has 4 aliphatic heterocycles. The number of anilines is 1. The lowest BCUT2D eigenvalue weighted by molar-refractivity contribution is -0.146. The molecule has 25 nitrogen and oxygen atoms in total. The van der Waals surface area contributed by atoms with Crippen LogP contribution in [0.5, 0.6) is 0 Å². The number of primary amides is 1. The van der Waals surface area contributed by atoms with E-state index in [1.54, 1.807) is 45.0 Å². The molecule has 1 spiro atoms. The highest BCUT2D eigenvalue weighted by molar-refractivity contribution is 6.12. The summed E-state index contributed by atoms with van der Waals surface area (Å²) in [4.78, 5) is 126. The van der Waals surface area contributed by atoms with E-state index >= 15 is 0 Å². The van der Waals surface area contributed by atoms with E-state index in [1.165, 1.54) is 31.2 Å². The van der Waals surface area contributed by atoms with Gasteiger partial charge in [0.25, 0.3) is 11.8 Å². The van der Waals surface area contributed by atoms with Crippen molar-refractivity contribution in [3.05, 3.63) is 77.9 Å². The third-order valence-electron chi connectivity index (χ3n) is 16.4. The number of alkyl carbamates (subject to hydrolysis) is 1. The van der Waals surface area contributed by atoms with E-state index < -0.39 is 72.0 Å². The number of carbonyl (C=O) groups excluding carboxylic acids is 10. The zero-order chi connectivity index (χ0) is 64.1. The molecule has 1 saturated carbocycles. The number of nitrogens with zero attached hydrogens (tertiary/aromatic N) is 1. The van der Waals surface area contributed by atoms with Crippen molar-refractivity contribution in [1.82, 2.24) is 36.8 Å². The van der Waals surface area contributed by atoms with Crippen LogP contribution in [0, 0.1) is 11.8 Å². The molecule has 484 valence electrons. The second kappa shape index (κ2) is 33.8. The number of benzene rings is 1. The number of ether oxygens (including phenoxy) is 5. The fourth-order valence-electron chi connectivity index (χ4n) is 11.2. The average Bonchev–Trinajstić information content (AvgIpc) is 1.69. The second-order valence-corrected chi connectivity index (χ2v) is 24.1. The minimum absolute atomic E-state index is 0.0564. The standard InChI is InChI=1S/C63H91N9O16/c1-37(2)57(71-52(74)13-9-8-10-31-72-55(77)28-29-56(72)78)60(81)70-48(12-11-30-65-61(64)82)59(80)67-45-19-17-43(18-20-45)35-84-62(83)68-46-23-21-44(22-24-46)66-54(76)33-47-34-63(36-85-63)58(79)51(88-47)26-15-38(3)14-25-50-39(4)32-49(41(6)87-50)69-53(75)27-16-40(5)86-42(7)73/h14-20,26-29,37,39-41,44,46-51,57-58,79H,8-13,21-25,30-36H2,1-7H3,(H,66,76)(H,67,80)(H,68,83)(H,69,75)(H,70,81)(H,71,74)(H3,64,65,82)/t39-,40-,41+,44?,46?,47+,48-,49+,50-,51+,57-,58+,63+/m0/s1. The molecule has 1 aromatic carbocycles. The van der Waals surface area contributed by atoms with Crippen LogP contribution in [0.3, 0.4) is 0 Å². The van der Waals surface area contributed by atoms with Crippen LogP contribution < -0.4 is 43.0 Å². The molecule has 10 amide bonds. The number of amides is 10. The number of nitrogens with one attached hydrogen (secondary N) is 7. The highest BCUT2D eigenvalue weighted by Gasteiger charge is 2.58. The van der Waals surface area contributed by atoms with Gasteiger partial charge in [-0.2, -0.15) is 0 Å². The van der Waals surface area contributed by atoms with Crippen molar-refractivity contribution in [2.45, 2.75) is 217 Å². The molecule has 0 unspecified atom stereocenters. The number of aliphatic hydroxyl groups is 1. The number of hydrogen-bond donors (Lipinski definition) is 9. The van der Waals surface area contributed by atoms with E-state index in [0.29, 0.717) is 75.6 Å². The first kappa shape index (κ1) is 69.6. The molecule has 0 radical (unpaired) electrons. The average molecular weight is 1230 g/mol. The number of imide groups is 1. The Balaban J connectivity index is 0.881. The summed E-state index contributed by atoms with van der Waals surface area (Å²) in [6.45, 7) is 13.2. The lowest BCUT2D eigenvalue weighted by atomic mass is 9.87. The molecular formula is C63H91N9O16. The van der Waals surface area contributed by atoms with Crippen LogP contribution in [0.4, 0.5) is 15.3 Å². The van der Waals surface area contributed by atoms with Crippen LogP contribution in [0.15, 0.2) is 72.4 Å². The number of aliphatic hydroxyl groups excluding tert-OH is 1. The molecule has 0 bridgehead atoms. The van der Waals surface area contributed by atoms with Gasteiger partial charge in [-0.05, 0) is 121 Å². The monoisotopic (exact) mass is 1230 g/mol. The van der Waals surface area contributed by atoms with E-state index in [4.69, 9.17) is 29.4 Å². The zero-order valence-corrected chi connectivity index (χ0v) is 51.7. The summed E-state index contributed by atoms with van der Waals surface area (Å²) in [6, 6.07) is 3.40. The Labute approximate surface area is 514 Å². The smallest absolute Gasteiger partial charge is 0.407 e. The van der Waals surface area contributed by atoms with E-state index in [0.717, 1.165) is 16.9 Å². The normalized spacial score (nSPS) is 26.3. The van der Waals surface area contributed by atoms with Gasteiger partial charge in [0.05, 0.1) is 37.4 Å². The summed E-state index contributed by atoms with van der Waals surface area (Å²) < 4.78 is 29.0. The summed E-state index contributed by atoms with van der Waals surface area (Å²) in [7, 11) is 0. The lowest BCUT2D eigenvalue weighted by Gasteiger charge is -2.39. The topological polar surface area (TPSA) is 354 Å². The number of unbranched alkanes of at least 4 members (excludes halogenated alkanes) is 2. The van der Waals surface area contributed by atoms with Gasteiger partial charge in [-0.3, -0.25) is 43.3 Å². The molecule has 11 atom stereocenters. The Morgan fingerprint density at radius 1 is 0.841 bits per heavy atom. The molecule has 1 aromatic rings.